The Balaban J connectivity index is 1.49. The highest BCUT2D eigenvalue weighted by atomic mass is 16.7. The van der Waals surface area contributed by atoms with Crippen LogP contribution in [-0.2, 0) is 14.3 Å². The van der Waals surface area contributed by atoms with Crippen LogP contribution in [0, 0.1) is 12.8 Å². The van der Waals surface area contributed by atoms with Gasteiger partial charge in [-0.05, 0) is 56.4 Å². The molecule has 2 saturated heterocycles. The van der Waals surface area contributed by atoms with E-state index in [1.165, 1.54) is 18.2 Å². The van der Waals surface area contributed by atoms with Crippen molar-refractivity contribution in [2.75, 3.05) is 0 Å². The number of esters is 1. The number of aliphatic hydroxyl groups excluding tert-OH is 2. The molecule has 5 unspecified atom stereocenters. The maximum atomic E-state index is 14.5. The summed E-state index contributed by atoms with van der Waals surface area (Å²) in [6.07, 6.45) is -3.78. The lowest BCUT2D eigenvalue weighted by Crippen LogP contribution is -2.48. The summed E-state index contributed by atoms with van der Waals surface area (Å²) >= 11 is 0. The monoisotopic (exact) mass is 563 g/mol. The molecule has 0 radical (unpaired) electrons. The minimum Gasteiger partial charge on any atom is -0.507 e. The summed E-state index contributed by atoms with van der Waals surface area (Å²) in [6, 6.07) is 7.13. The number of ether oxygens (including phenoxy) is 3. The molecule has 0 spiro atoms. The Kier molecular flexibility index (Phi) is 6.67. The molecule has 2 aromatic rings. The summed E-state index contributed by atoms with van der Waals surface area (Å²) in [7, 11) is 0. The molecule has 1 aliphatic carbocycles. The van der Waals surface area contributed by atoms with Crippen LogP contribution in [0.15, 0.2) is 36.0 Å². The highest BCUT2D eigenvalue weighted by Crippen LogP contribution is 2.52. The molecule has 2 aromatic carbocycles. The third kappa shape index (κ3) is 4.32. The number of benzene rings is 2. The van der Waals surface area contributed by atoms with Crippen LogP contribution in [0.1, 0.15) is 83.7 Å². The molecule has 10 heteroatoms. The molecule has 3 aliphatic heterocycles. The van der Waals surface area contributed by atoms with Gasteiger partial charge in [0.15, 0.2) is 5.78 Å². The minimum absolute atomic E-state index is 0.00359. The van der Waals surface area contributed by atoms with Crippen molar-refractivity contribution < 1.29 is 43.9 Å². The lowest BCUT2D eigenvalue weighted by molar-refractivity contribution is -0.216. The number of fused-ring (bicyclic) bond motifs is 6. The number of aryl methyl sites for hydroxylation is 1. The van der Waals surface area contributed by atoms with Crippen molar-refractivity contribution in [2.24, 2.45) is 5.92 Å². The van der Waals surface area contributed by atoms with Crippen molar-refractivity contribution in [2.45, 2.75) is 83.8 Å². The quantitative estimate of drug-likeness (QED) is 0.463. The normalized spacial score (nSPS) is 28.8. The third-order valence-electron chi connectivity index (χ3n) is 8.28. The fourth-order valence-corrected chi connectivity index (χ4v) is 6.27. The molecule has 6 rings (SSSR count). The number of nitrogens with zero attached hydrogens (tertiary/aromatic N) is 1. The number of aliphatic hydroxyl groups is 2. The molecule has 0 aromatic heterocycles. The zero-order valence-corrected chi connectivity index (χ0v) is 23.3. The van der Waals surface area contributed by atoms with Crippen molar-refractivity contribution in [1.82, 2.24) is 4.90 Å². The number of carbonyl (C=O) groups excluding carboxylic acids is 3. The van der Waals surface area contributed by atoms with Crippen molar-refractivity contribution in [3.63, 3.8) is 0 Å². The number of Topliss-reactive ketones (excluding diaryl/α,β-unsaturated/α-hetero) is 2. The van der Waals surface area contributed by atoms with Gasteiger partial charge in [0.2, 0.25) is 18.3 Å². The Labute approximate surface area is 237 Å². The van der Waals surface area contributed by atoms with E-state index in [4.69, 9.17) is 14.2 Å². The third-order valence-corrected chi connectivity index (χ3v) is 8.28. The van der Waals surface area contributed by atoms with E-state index in [0.29, 0.717) is 24.0 Å². The molecule has 0 saturated carbocycles. The lowest BCUT2D eigenvalue weighted by Gasteiger charge is -2.39. The van der Waals surface area contributed by atoms with Crippen LogP contribution in [-0.4, -0.2) is 68.4 Å². The second kappa shape index (κ2) is 9.97. The molecule has 3 N–H and O–H groups in total. The lowest BCUT2D eigenvalue weighted by atomic mass is 9.78. The van der Waals surface area contributed by atoms with Crippen molar-refractivity contribution in [1.29, 1.82) is 0 Å². The second-order valence-electron chi connectivity index (χ2n) is 11.7. The molecular formula is C31H33NO9. The topological polar surface area (TPSA) is 143 Å². The van der Waals surface area contributed by atoms with Gasteiger partial charge in [-0.3, -0.25) is 9.59 Å². The van der Waals surface area contributed by atoms with E-state index < -0.39 is 54.4 Å². The zero-order chi connectivity index (χ0) is 29.3. The second-order valence-corrected chi connectivity index (χ2v) is 11.7. The van der Waals surface area contributed by atoms with Crippen molar-refractivity contribution >= 4 is 23.1 Å². The van der Waals surface area contributed by atoms with Gasteiger partial charge in [-0.2, -0.15) is 0 Å². The smallest absolute Gasteiger partial charge is 0.331 e. The fraction of sp³-hybridized carbons (Fsp3) is 0.452. The van der Waals surface area contributed by atoms with Gasteiger partial charge in [0.05, 0.1) is 23.3 Å². The largest absolute Gasteiger partial charge is 0.507 e. The predicted molar refractivity (Wildman–Crippen MR) is 145 cm³/mol. The summed E-state index contributed by atoms with van der Waals surface area (Å²) in [5.74, 6) is -1.34. The Hall–Kier alpha value is -3.73. The van der Waals surface area contributed by atoms with Gasteiger partial charge in [-0.25, -0.2) is 4.79 Å². The van der Waals surface area contributed by atoms with Crippen LogP contribution < -0.4 is 4.74 Å². The van der Waals surface area contributed by atoms with Gasteiger partial charge in [-0.1, -0.05) is 26.0 Å². The highest BCUT2D eigenvalue weighted by Gasteiger charge is 2.54. The van der Waals surface area contributed by atoms with Crippen LogP contribution >= 0.6 is 0 Å². The van der Waals surface area contributed by atoms with Gasteiger partial charge in [0.25, 0.3) is 0 Å². The Bertz CT molecular complexity index is 1480. The summed E-state index contributed by atoms with van der Waals surface area (Å²) in [4.78, 5) is 43.5. The molecule has 10 nitrogen and oxygen atoms in total. The zero-order valence-electron chi connectivity index (χ0n) is 23.3. The van der Waals surface area contributed by atoms with Crippen LogP contribution in [0.2, 0.25) is 0 Å². The first-order valence-corrected chi connectivity index (χ1v) is 14.0. The predicted octanol–water partition coefficient (Wildman–Crippen LogP) is 3.40. The molecule has 2 fully saturated rings. The van der Waals surface area contributed by atoms with E-state index in [9.17, 15) is 29.7 Å². The Morgan fingerprint density at radius 3 is 2.56 bits per heavy atom. The van der Waals surface area contributed by atoms with Gasteiger partial charge in [0.1, 0.15) is 29.3 Å². The molecule has 6 atom stereocenters. The number of allylic oxidation sites excluding steroid dienone is 2. The van der Waals surface area contributed by atoms with Gasteiger partial charge >= 0.3 is 5.97 Å². The molecule has 3 heterocycles. The maximum Gasteiger partial charge on any atom is 0.331 e. The van der Waals surface area contributed by atoms with Crippen LogP contribution in [0.4, 0.5) is 0 Å². The first-order chi connectivity index (χ1) is 19.5. The maximum absolute atomic E-state index is 14.5. The summed E-state index contributed by atoms with van der Waals surface area (Å²) in [5.41, 5.74) is 1.46. The standard InChI is InChI=1S/C31H33NO9/c1-13(2)8-9-18-31(38)41-30-17-10-14(3)11-19(33)23(17)25-26(32(18)30)29(37)24-16(28(25)36)6-5-7-21(24)40-22-12-20(34)27(35)15(4)39-22/h5-7,10-11,13,15,18,20,22,27,30,33-35H,8-9,12H2,1-4H3/t15?,18-,20?,22?,27?,30?/m0/s1. The average Bonchev–Trinajstić information content (AvgIpc) is 3.24. The molecule has 4 aliphatic rings. The number of aromatic hydroxyl groups is 1. The number of ketones is 2. The first kappa shape index (κ1) is 27.4. The molecule has 0 bridgehead atoms. The molecular weight excluding hydrogens is 530 g/mol. The van der Waals surface area contributed by atoms with E-state index in [0.717, 1.165) is 0 Å². The number of phenols is 1. The summed E-state index contributed by atoms with van der Waals surface area (Å²) in [5, 5.41) is 31.4. The number of phenolic OH excluding ortho intramolecular Hbond substituents is 1. The average molecular weight is 564 g/mol. The van der Waals surface area contributed by atoms with Gasteiger partial charge < -0.3 is 34.4 Å². The minimum atomic E-state index is -1.09. The molecule has 0 amide bonds. The molecule has 216 valence electrons. The highest BCUT2D eigenvalue weighted by molar-refractivity contribution is 6.41. The fourth-order valence-electron chi connectivity index (χ4n) is 6.27. The number of rotatable bonds is 5. The van der Waals surface area contributed by atoms with E-state index in [1.54, 1.807) is 30.9 Å². The first-order valence-electron chi connectivity index (χ1n) is 14.0. The summed E-state index contributed by atoms with van der Waals surface area (Å²) < 4.78 is 17.6. The van der Waals surface area contributed by atoms with E-state index in [2.05, 4.69) is 0 Å². The number of hydrogen-bond acceptors (Lipinski definition) is 10. The van der Waals surface area contributed by atoms with Gasteiger partial charge in [-0.15, -0.1) is 0 Å². The van der Waals surface area contributed by atoms with E-state index in [-0.39, 0.29) is 51.8 Å². The Morgan fingerprint density at radius 1 is 1.10 bits per heavy atom. The van der Waals surface area contributed by atoms with E-state index in [1.807, 2.05) is 13.8 Å². The van der Waals surface area contributed by atoms with Crippen molar-refractivity contribution in [3.05, 3.63) is 63.8 Å². The van der Waals surface area contributed by atoms with E-state index >= 15 is 0 Å². The molecule has 41 heavy (non-hydrogen) atoms. The van der Waals surface area contributed by atoms with Crippen molar-refractivity contribution in [3.8, 4) is 11.5 Å². The Morgan fingerprint density at radius 2 is 1.85 bits per heavy atom. The van der Waals surface area contributed by atoms with Crippen LogP contribution in [0.5, 0.6) is 11.5 Å². The summed E-state index contributed by atoms with van der Waals surface area (Å²) in [6.45, 7) is 7.46. The van der Waals surface area contributed by atoms with Gasteiger partial charge in [0, 0.05) is 23.1 Å². The number of carbonyl (C=O) groups is 3. The SMILES string of the molecule is Cc1cc(O)c2c(c1)C1OC(=O)[C@H](CCC(C)C)N1C1=C2C(=O)c2cccc(OC3CC(O)C(O)C(C)O3)c2C1=O. The number of hydrogen-bond donors (Lipinski definition) is 3. The van der Waals surface area contributed by atoms with Crippen LogP contribution in [0.25, 0.3) is 5.57 Å². The van der Waals surface area contributed by atoms with Crippen LogP contribution in [0.3, 0.4) is 0 Å².